The number of pyridine rings is 1. The minimum absolute atomic E-state index is 0.0164. The molecule has 0 saturated carbocycles. The lowest BCUT2D eigenvalue weighted by Gasteiger charge is -2.06. The molecule has 0 fully saturated rings. The number of esters is 1. The normalized spacial score (nSPS) is 11.1. The number of hydrogen-bond acceptors (Lipinski definition) is 6. The second kappa shape index (κ2) is 6.10. The number of halogens is 1. The summed E-state index contributed by atoms with van der Waals surface area (Å²) in [5, 5.41) is 5.33. The number of benzene rings is 1. The highest BCUT2D eigenvalue weighted by molar-refractivity contribution is 6.30. The zero-order valence-electron chi connectivity index (χ0n) is 13.2. The summed E-state index contributed by atoms with van der Waals surface area (Å²) in [6.07, 6.45) is 1.61. The molecule has 0 bridgehead atoms. The van der Waals surface area contributed by atoms with Crippen molar-refractivity contribution in [3.8, 4) is 0 Å². The largest absolute Gasteiger partial charge is 0.455 e. The van der Waals surface area contributed by atoms with Crippen molar-refractivity contribution in [2.45, 2.75) is 13.5 Å². The van der Waals surface area contributed by atoms with Crippen molar-refractivity contribution >= 4 is 34.3 Å². The molecule has 3 aromatic heterocycles. The highest BCUT2D eigenvalue weighted by Crippen LogP contribution is 2.21. The molecule has 0 aliphatic carbocycles. The second-order valence-corrected chi connectivity index (χ2v) is 5.80. The zero-order valence-corrected chi connectivity index (χ0v) is 13.9. The summed E-state index contributed by atoms with van der Waals surface area (Å²) >= 11 is 6.17. The van der Waals surface area contributed by atoms with E-state index in [1.807, 2.05) is 37.3 Å². The molecule has 3 heterocycles. The van der Waals surface area contributed by atoms with E-state index in [9.17, 15) is 4.79 Å². The number of hydrogen-bond donors (Lipinski definition) is 0. The summed E-state index contributed by atoms with van der Waals surface area (Å²) in [4.78, 5) is 24.7. The van der Waals surface area contributed by atoms with E-state index in [-0.39, 0.29) is 12.4 Å². The fourth-order valence-corrected chi connectivity index (χ4v) is 2.64. The first kappa shape index (κ1) is 15.5. The van der Waals surface area contributed by atoms with Crippen molar-refractivity contribution in [3.05, 3.63) is 64.8 Å². The molecule has 25 heavy (non-hydrogen) atoms. The van der Waals surface area contributed by atoms with Crippen molar-refractivity contribution in [2.75, 3.05) is 0 Å². The van der Waals surface area contributed by atoms with Gasteiger partial charge in [-0.1, -0.05) is 29.8 Å². The molecule has 124 valence electrons. The third-order valence-corrected chi connectivity index (χ3v) is 4.05. The zero-order chi connectivity index (χ0) is 17.4. The summed E-state index contributed by atoms with van der Waals surface area (Å²) in [6.45, 7) is 1.83. The number of rotatable bonds is 3. The highest BCUT2D eigenvalue weighted by Gasteiger charge is 2.17. The Balaban J connectivity index is 1.57. The SMILES string of the molecule is Cc1ccnc2nc(C(=O)OCc3cc4ccccc4nc3Cl)nn12. The van der Waals surface area contributed by atoms with Gasteiger partial charge in [0.25, 0.3) is 11.6 Å². The van der Waals surface area contributed by atoms with Gasteiger partial charge >= 0.3 is 5.97 Å². The number of aryl methyl sites for hydroxylation is 1. The molecule has 0 saturated heterocycles. The quantitative estimate of drug-likeness (QED) is 0.416. The van der Waals surface area contributed by atoms with E-state index in [1.54, 1.807) is 12.3 Å². The van der Waals surface area contributed by atoms with Crippen LogP contribution in [0.25, 0.3) is 16.7 Å². The average molecular weight is 354 g/mol. The standard InChI is InChI=1S/C17H12ClN5O2/c1-10-6-7-19-17-21-15(22-23(10)17)16(24)25-9-12-8-11-4-2-3-5-13(11)20-14(12)18/h2-8H,9H2,1H3. The summed E-state index contributed by atoms with van der Waals surface area (Å²) in [6, 6.07) is 11.2. The third-order valence-electron chi connectivity index (χ3n) is 3.72. The topological polar surface area (TPSA) is 82.3 Å². The number of fused-ring (bicyclic) bond motifs is 2. The van der Waals surface area contributed by atoms with E-state index in [0.717, 1.165) is 16.6 Å². The molecule has 1 aromatic carbocycles. The van der Waals surface area contributed by atoms with Crippen LogP contribution >= 0.6 is 11.6 Å². The molecular weight excluding hydrogens is 342 g/mol. The van der Waals surface area contributed by atoms with Gasteiger partial charge in [-0.2, -0.15) is 4.98 Å². The Hall–Kier alpha value is -3.06. The van der Waals surface area contributed by atoms with E-state index in [1.165, 1.54) is 4.52 Å². The Morgan fingerprint density at radius 3 is 2.92 bits per heavy atom. The summed E-state index contributed by atoms with van der Waals surface area (Å²) < 4.78 is 6.77. The lowest BCUT2D eigenvalue weighted by molar-refractivity contribution is 0.0458. The van der Waals surface area contributed by atoms with Gasteiger partial charge in [0, 0.05) is 22.8 Å². The summed E-state index contributed by atoms with van der Waals surface area (Å²) in [5.74, 6) is -0.349. The van der Waals surface area contributed by atoms with Crippen LogP contribution in [0, 0.1) is 6.92 Å². The molecule has 7 nitrogen and oxygen atoms in total. The predicted molar refractivity (Wildman–Crippen MR) is 91.4 cm³/mol. The van der Waals surface area contributed by atoms with Gasteiger partial charge in [0.05, 0.1) is 5.52 Å². The third kappa shape index (κ3) is 2.89. The summed E-state index contributed by atoms with van der Waals surface area (Å²) in [7, 11) is 0. The summed E-state index contributed by atoms with van der Waals surface area (Å²) in [5.41, 5.74) is 2.22. The van der Waals surface area contributed by atoms with Gasteiger partial charge in [-0.05, 0) is 25.1 Å². The molecule has 0 unspecified atom stereocenters. The predicted octanol–water partition coefficient (Wildman–Crippen LogP) is 2.99. The molecule has 0 radical (unpaired) electrons. The second-order valence-electron chi connectivity index (χ2n) is 5.44. The average Bonchev–Trinajstić information content (AvgIpc) is 3.05. The van der Waals surface area contributed by atoms with E-state index in [2.05, 4.69) is 20.1 Å². The van der Waals surface area contributed by atoms with Crippen molar-refractivity contribution in [1.29, 1.82) is 0 Å². The van der Waals surface area contributed by atoms with Crippen molar-refractivity contribution in [2.24, 2.45) is 0 Å². The Kier molecular flexibility index (Phi) is 3.77. The molecular formula is C17H12ClN5O2. The van der Waals surface area contributed by atoms with Crippen LogP contribution in [0.1, 0.15) is 21.9 Å². The van der Waals surface area contributed by atoms with Crippen LogP contribution in [0.15, 0.2) is 42.6 Å². The molecule has 4 aromatic rings. The number of nitrogens with zero attached hydrogens (tertiary/aromatic N) is 5. The van der Waals surface area contributed by atoms with Gasteiger partial charge in [0.1, 0.15) is 11.8 Å². The van der Waals surface area contributed by atoms with E-state index >= 15 is 0 Å². The lowest BCUT2D eigenvalue weighted by atomic mass is 10.2. The molecule has 0 aliphatic heterocycles. The van der Waals surface area contributed by atoms with Crippen LogP contribution in [0.4, 0.5) is 0 Å². The molecule has 0 N–H and O–H groups in total. The Labute approximate surface area is 147 Å². The van der Waals surface area contributed by atoms with Crippen molar-refractivity contribution < 1.29 is 9.53 Å². The van der Waals surface area contributed by atoms with Crippen LogP contribution in [-0.4, -0.2) is 30.5 Å². The minimum atomic E-state index is -0.644. The first-order valence-electron chi connectivity index (χ1n) is 7.51. The van der Waals surface area contributed by atoms with Crippen LogP contribution in [0.3, 0.4) is 0 Å². The smallest absolute Gasteiger partial charge is 0.378 e. The fourth-order valence-electron chi connectivity index (χ4n) is 2.44. The first-order chi connectivity index (χ1) is 12.1. The van der Waals surface area contributed by atoms with E-state index < -0.39 is 5.97 Å². The molecule has 0 atom stereocenters. The van der Waals surface area contributed by atoms with Gasteiger partial charge in [-0.15, -0.1) is 5.10 Å². The lowest BCUT2D eigenvalue weighted by Crippen LogP contribution is -2.08. The van der Waals surface area contributed by atoms with Crippen LogP contribution in [-0.2, 0) is 11.3 Å². The van der Waals surface area contributed by atoms with Gasteiger partial charge in [0.2, 0.25) is 0 Å². The number of carbonyl (C=O) groups excluding carboxylic acids is 1. The fraction of sp³-hybridized carbons (Fsp3) is 0.118. The van der Waals surface area contributed by atoms with Gasteiger partial charge < -0.3 is 4.74 Å². The number of aromatic nitrogens is 5. The van der Waals surface area contributed by atoms with Crippen LogP contribution in [0.5, 0.6) is 0 Å². The number of para-hydroxylation sites is 1. The number of carbonyl (C=O) groups is 1. The van der Waals surface area contributed by atoms with Gasteiger partial charge in [-0.3, -0.25) is 0 Å². The highest BCUT2D eigenvalue weighted by atomic mass is 35.5. The molecule has 0 aliphatic rings. The molecule has 0 spiro atoms. The van der Waals surface area contributed by atoms with Crippen molar-refractivity contribution in [3.63, 3.8) is 0 Å². The van der Waals surface area contributed by atoms with Gasteiger partial charge in [0.15, 0.2) is 0 Å². The van der Waals surface area contributed by atoms with E-state index in [0.29, 0.717) is 16.5 Å². The Morgan fingerprint density at radius 1 is 1.24 bits per heavy atom. The van der Waals surface area contributed by atoms with Gasteiger partial charge in [-0.25, -0.2) is 19.3 Å². The van der Waals surface area contributed by atoms with Crippen molar-refractivity contribution in [1.82, 2.24) is 24.6 Å². The first-order valence-corrected chi connectivity index (χ1v) is 7.89. The maximum absolute atomic E-state index is 12.2. The molecule has 0 amide bonds. The molecule has 8 heteroatoms. The maximum Gasteiger partial charge on any atom is 0.378 e. The maximum atomic E-state index is 12.2. The number of ether oxygens (including phenoxy) is 1. The van der Waals surface area contributed by atoms with E-state index in [4.69, 9.17) is 16.3 Å². The Bertz CT molecular complexity index is 1110. The Morgan fingerprint density at radius 2 is 2.08 bits per heavy atom. The minimum Gasteiger partial charge on any atom is -0.455 e. The monoisotopic (exact) mass is 353 g/mol. The molecule has 4 rings (SSSR count). The van der Waals surface area contributed by atoms with Crippen LogP contribution < -0.4 is 0 Å². The van der Waals surface area contributed by atoms with Crippen LogP contribution in [0.2, 0.25) is 5.15 Å².